The number of carbonyl (C=O) groups is 2. The average molecular weight is 336 g/mol. The van der Waals surface area contributed by atoms with E-state index in [9.17, 15) is 9.59 Å². The van der Waals surface area contributed by atoms with Crippen molar-refractivity contribution >= 4 is 28.3 Å². The largest absolute Gasteiger partial charge is 0.466 e. The lowest BCUT2D eigenvalue weighted by Gasteiger charge is -2.19. The normalized spacial score (nSPS) is 21.5. The maximum Gasteiger partial charge on any atom is 0.309 e. The second-order valence-electron chi connectivity index (χ2n) is 6.40. The smallest absolute Gasteiger partial charge is 0.309 e. The minimum atomic E-state index is -0.112. The zero-order valence-electron chi connectivity index (χ0n) is 13.6. The number of thiazole rings is 1. The van der Waals surface area contributed by atoms with Crippen LogP contribution in [-0.4, -0.2) is 23.5 Å². The summed E-state index contributed by atoms with van der Waals surface area (Å²) in [4.78, 5) is 29.9. The first-order valence-corrected chi connectivity index (χ1v) is 9.45. The molecule has 0 aliphatic heterocycles. The molecule has 6 heteroatoms. The fourth-order valence-corrected chi connectivity index (χ4v) is 4.55. The van der Waals surface area contributed by atoms with E-state index in [2.05, 4.69) is 10.3 Å². The molecule has 0 aromatic carbocycles. The van der Waals surface area contributed by atoms with Gasteiger partial charge in [0.1, 0.15) is 0 Å². The van der Waals surface area contributed by atoms with Gasteiger partial charge in [0.05, 0.1) is 18.2 Å². The third-order valence-corrected chi connectivity index (χ3v) is 5.80. The van der Waals surface area contributed by atoms with E-state index >= 15 is 0 Å². The quantitative estimate of drug-likeness (QED) is 0.856. The molecule has 2 aliphatic carbocycles. The maximum atomic E-state index is 12.3. The second kappa shape index (κ2) is 7.43. The molecule has 5 nitrogen and oxygen atoms in total. The van der Waals surface area contributed by atoms with E-state index in [1.165, 1.54) is 17.8 Å². The Kier molecular flexibility index (Phi) is 5.30. The van der Waals surface area contributed by atoms with E-state index in [-0.39, 0.29) is 23.7 Å². The third-order valence-electron chi connectivity index (χ3n) is 4.77. The molecule has 1 amide bonds. The molecule has 1 heterocycles. The van der Waals surface area contributed by atoms with Crippen molar-refractivity contribution in [2.75, 3.05) is 11.9 Å². The summed E-state index contributed by atoms with van der Waals surface area (Å²) in [7, 11) is 0. The van der Waals surface area contributed by atoms with Crippen LogP contribution in [0.1, 0.15) is 56.0 Å². The highest BCUT2D eigenvalue weighted by Gasteiger charge is 2.29. The number of anilines is 1. The fourth-order valence-electron chi connectivity index (χ4n) is 3.46. The lowest BCUT2D eigenvalue weighted by Crippen LogP contribution is -2.24. The van der Waals surface area contributed by atoms with Gasteiger partial charge in [0.25, 0.3) is 0 Å². The van der Waals surface area contributed by atoms with Gasteiger partial charge in [-0.3, -0.25) is 9.59 Å². The van der Waals surface area contributed by atoms with Crippen molar-refractivity contribution in [3.63, 3.8) is 0 Å². The predicted octanol–water partition coefficient (Wildman–Crippen LogP) is 3.33. The first-order chi connectivity index (χ1) is 11.2. The molecule has 1 saturated carbocycles. The van der Waals surface area contributed by atoms with E-state index in [1.54, 1.807) is 0 Å². The Labute approximate surface area is 140 Å². The standard InChI is InChI=1S/C17H24N2O3S/c1-2-22-16(21)12-8-9-13-14(10-12)23-17(18-13)19-15(20)11-6-4-3-5-7-11/h11-12H,2-10H2,1H3,(H,18,19,20). The highest BCUT2D eigenvalue weighted by molar-refractivity contribution is 7.15. The van der Waals surface area contributed by atoms with E-state index < -0.39 is 0 Å². The number of amides is 1. The lowest BCUT2D eigenvalue weighted by molar-refractivity contribution is -0.148. The van der Waals surface area contributed by atoms with Crippen LogP contribution in [0.15, 0.2) is 0 Å². The zero-order chi connectivity index (χ0) is 16.2. The Morgan fingerprint density at radius 3 is 2.74 bits per heavy atom. The molecule has 3 rings (SSSR count). The number of aromatic nitrogens is 1. The van der Waals surface area contributed by atoms with Gasteiger partial charge in [-0.15, -0.1) is 11.3 Å². The Morgan fingerprint density at radius 1 is 1.22 bits per heavy atom. The predicted molar refractivity (Wildman–Crippen MR) is 89.5 cm³/mol. The summed E-state index contributed by atoms with van der Waals surface area (Å²) in [6.07, 6.45) is 7.76. The minimum Gasteiger partial charge on any atom is -0.466 e. The highest BCUT2D eigenvalue weighted by atomic mass is 32.1. The van der Waals surface area contributed by atoms with E-state index in [0.717, 1.165) is 49.1 Å². The van der Waals surface area contributed by atoms with Crippen molar-refractivity contribution < 1.29 is 14.3 Å². The van der Waals surface area contributed by atoms with Crippen molar-refractivity contribution in [2.24, 2.45) is 11.8 Å². The van der Waals surface area contributed by atoms with Crippen LogP contribution in [0.3, 0.4) is 0 Å². The van der Waals surface area contributed by atoms with Gasteiger partial charge in [0, 0.05) is 10.8 Å². The van der Waals surface area contributed by atoms with Crippen molar-refractivity contribution in [1.82, 2.24) is 4.98 Å². The number of nitrogens with one attached hydrogen (secondary N) is 1. The van der Waals surface area contributed by atoms with Crippen LogP contribution in [0.2, 0.25) is 0 Å². The first-order valence-electron chi connectivity index (χ1n) is 8.63. The molecule has 1 N–H and O–H groups in total. The molecule has 0 bridgehead atoms. The molecule has 1 aromatic rings. The minimum absolute atomic E-state index is 0.0650. The Hall–Kier alpha value is -1.43. The number of carbonyl (C=O) groups excluding carboxylic acids is 2. The summed E-state index contributed by atoms with van der Waals surface area (Å²) in [6.45, 7) is 2.26. The van der Waals surface area contributed by atoms with Crippen molar-refractivity contribution in [2.45, 2.75) is 58.3 Å². The number of aryl methyl sites for hydroxylation is 1. The SMILES string of the molecule is CCOC(=O)C1CCc2nc(NC(=O)C3CCCCC3)sc2C1. The van der Waals surface area contributed by atoms with Crippen LogP contribution >= 0.6 is 11.3 Å². The molecule has 0 radical (unpaired) electrons. The van der Waals surface area contributed by atoms with Crippen LogP contribution in [0.5, 0.6) is 0 Å². The Bertz CT molecular complexity index is 578. The van der Waals surface area contributed by atoms with Crippen LogP contribution < -0.4 is 5.32 Å². The third kappa shape index (κ3) is 3.91. The van der Waals surface area contributed by atoms with Gasteiger partial charge < -0.3 is 10.1 Å². The van der Waals surface area contributed by atoms with Crippen LogP contribution in [0, 0.1) is 11.8 Å². The molecule has 0 saturated heterocycles. The van der Waals surface area contributed by atoms with E-state index in [4.69, 9.17) is 4.74 Å². The summed E-state index contributed by atoms with van der Waals surface area (Å²) in [5, 5.41) is 3.68. The summed E-state index contributed by atoms with van der Waals surface area (Å²) in [5.74, 6) is 0.0684. The second-order valence-corrected chi connectivity index (χ2v) is 7.49. The summed E-state index contributed by atoms with van der Waals surface area (Å²) >= 11 is 1.52. The van der Waals surface area contributed by atoms with Crippen molar-refractivity contribution in [3.05, 3.63) is 10.6 Å². The number of hydrogen-bond donors (Lipinski definition) is 1. The van der Waals surface area contributed by atoms with Crippen LogP contribution in [0.4, 0.5) is 5.13 Å². The number of rotatable bonds is 4. The highest BCUT2D eigenvalue weighted by Crippen LogP contribution is 2.33. The zero-order valence-corrected chi connectivity index (χ0v) is 14.4. The molecule has 0 spiro atoms. The Balaban J connectivity index is 1.61. The average Bonchev–Trinajstić information content (AvgIpc) is 2.97. The number of fused-ring (bicyclic) bond motifs is 1. The molecule has 23 heavy (non-hydrogen) atoms. The van der Waals surface area contributed by atoms with Crippen molar-refractivity contribution in [1.29, 1.82) is 0 Å². The van der Waals surface area contributed by atoms with Gasteiger partial charge in [-0.25, -0.2) is 4.98 Å². The van der Waals surface area contributed by atoms with Gasteiger partial charge in [0.2, 0.25) is 5.91 Å². The monoisotopic (exact) mass is 336 g/mol. The summed E-state index contributed by atoms with van der Waals surface area (Å²) < 4.78 is 5.12. The number of ether oxygens (including phenoxy) is 1. The molecule has 2 aliphatic rings. The summed E-state index contributed by atoms with van der Waals surface area (Å²) in [6, 6.07) is 0. The van der Waals surface area contributed by atoms with Crippen molar-refractivity contribution in [3.8, 4) is 0 Å². The Morgan fingerprint density at radius 2 is 2.00 bits per heavy atom. The van der Waals surface area contributed by atoms with E-state index in [0.29, 0.717) is 18.2 Å². The van der Waals surface area contributed by atoms with Crippen LogP contribution in [0.25, 0.3) is 0 Å². The first kappa shape index (κ1) is 16.4. The number of hydrogen-bond acceptors (Lipinski definition) is 5. The van der Waals surface area contributed by atoms with Gasteiger partial charge in [-0.2, -0.15) is 0 Å². The molecular weight excluding hydrogens is 312 g/mol. The lowest BCUT2D eigenvalue weighted by atomic mass is 9.89. The molecule has 1 unspecified atom stereocenters. The molecule has 1 aromatic heterocycles. The molecular formula is C17H24N2O3S. The molecule has 1 atom stereocenters. The maximum absolute atomic E-state index is 12.3. The van der Waals surface area contributed by atoms with Gasteiger partial charge >= 0.3 is 5.97 Å². The topological polar surface area (TPSA) is 68.3 Å². The van der Waals surface area contributed by atoms with Gasteiger partial charge in [-0.05, 0) is 39.0 Å². The molecule has 1 fully saturated rings. The van der Waals surface area contributed by atoms with Gasteiger partial charge in [-0.1, -0.05) is 19.3 Å². The van der Waals surface area contributed by atoms with Crippen LogP contribution in [-0.2, 0) is 27.2 Å². The van der Waals surface area contributed by atoms with E-state index in [1.807, 2.05) is 6.92 Å². The molecule has 126 valence electrons. The van der Waals surface area contributed by atoms with Gasteiger partial charge in [0.15, 0.2) is 5.13 Å². The number of esters is 1. The summed E-state index contributed by atoms with van der Waals surface area (Å²) in [5.41, 5.74) is 1.04. The number of nitrogens with zero attached hydrogens (tertiary/aromatic N) is 1. The fraction of sp³-hybridized carbons (Fsp3) is 0.706.